The first-order chi connectivity index (χ1) is 23.1. The van der Waals surface area contributed by atoms with Crippen molar-refractivity contribution in [2.45, 2.75) is 70.6 Å². The fourth-order valence-corrected chi connectivity index (χ4v) is 6.66. The van der Waals surface area contributed by atoms with Gasteiger partial charge in [-0.05, 0) is 101 Å². The molecule has 6 rings (SSSR count). The number of hydrogen-bond acceptors (Lipinski definition) is 9. The van der Waals surface area contributed by atoms with Crippen molar-refractivity contribution in [3.63, 3.8) is 0 Å². The summed E-state index contributed by atoms with van der Waals surface area (Å²) in [4.78, 5) is 36.5. The second-order valence-electron chi connectivity index (χ2n) is 12.5. The van der Waals surface area contributed by atoms with Crippen molar-refractivity contribution in [2.24, 2.45) is 0 Å². The number of imide groups is 1. The largest absolute Gasteiger partial charge is 0.490 e. The molecule has 0 aliphatic carbocycles. The van der Waals surface area contributed by atoms with E-state index in [4.69, 9.17) is 18.6 Å². The lowest BCUT2D eigenvalue weighted by Crippen LogP contribution is -2.48. The van der Waals surface area contributed by atoms with E-state index < -0.39 is 12.2 Å². The molecule has 3 aliphatic heterocycles. The van der Waals surface area contributed by atoms with Gasteiger partial charge in [-0.2, -0.15) is 0 Å². The van der Waals surface area contributed by atoms with Gasteiger partial charge >= 0.3 is 6.09 Å². The van der Waals surface area contributed by atoms with Gasteiger partial charge in [0, 0.05) is 25.2 Å². The number of ether oxygens (including phenoxy) is 3. The molecule has 0 saturated carbocycles. The number of aryl methyl sites for hydroxylation is 1. The van der Waals surface area contributed by atoms with Crippen molar-refractivity contribution < 1.29 is 28.2 Å². The molecular formula is C37H46N4O6. The molecule has 3 saturated heterocycles. The van der Waals surface area contributed by atoms with Crippen LogP contribution in [-0.2, 0) is 22.6 Å². The number of benzene rings is 2. The molecule has 1 atom stereocenters. The molecule has 0 N–H and O–H groups in total. The quantitative estimate of drug-likeness (QED) is 0.208. The van der Waals surface area contributed by atoms with E-state index in [-0.39, 0.29) is 12.5 Å². The fraction of sp³-hybridized carbons (Fsp3) is 0.486. The molecule has 10 nitrogen and oxygen atoms in total. The van der Waals surface area contributed by atoms with Gasteiger partial charge in [-0.3, -0.25) is 4.79 Å². The Morgan fingerprint density at radius 1 is 0.915 bits per heavy atom. The SMILES string of the molecule is CCOc1cc(CCC2OC(=O)N(CCN3CCC(N4CCCCC4)CC3)C2=O)ccc1OCc1coc(/C=C/c2ccccc2)n1. The third-order valence-electron chi connectivity index (χ3n) is 9.28. The van der Waals surface area contributed by atoms with E-state index in [9.17, 15) is 9.59 Å². The molecule has 3 fully saturated rings. The highest BCUT2D eigenvalue weighted by atomic mass is 16.6. The van der Waals surface area contributed by atoms with Gasteiger partial charge in [-0.25, -0.2) is 14.7 Å². The molecule has 47 heavy (non-hydrogen) atoms. The minimum atomic E-state index is -0.767. The van der Waals surface area contributed by atoms with Crippen LogP contribution in [0.3, 0.4) is 0 Å². The fourth-order valence-electron chi connectivity index (χ4n) is 6.66. The van der Waals surface area contributed by atoms with Gasteiger partial charge in [0.25, 0.3) is 5.91 Å². The summed E-state index contributed by atoms with van der Waals surface area (Å²) in [5.41, 5.74) is 2.69. The number of hydrogen-bond donors (Lipinski definition) is 0. The average Bonchev–Trinajstić information content (AvgIpc) is 3.68. The van der Waals surface area contributed by atoms with Gasteiger partial charge in [0.2, 0.25) is 5.89 Å². The lowest BCUT2D eigenvalue weighted by molar-refractivity contribution is -0.130. The highest BCUT2D eigenvalue weighted by Crippen LogP contribution is 2.31. The molecule has 3 aliphatic rings. The van der Waals surface area contributed by atoms with E-state index in [1.165, 1.54) is 37.3 Å². The minimum absolute atomic E-state index is 0.223. The van der Waals surface area contributed by atoms with Crippen LogP contribution in [0.1, 0.15) is 68.2 Å². The van der Waals surface area contributed by atoms with Crippen LogP contribution in [0.15, 0.2) is 59.2 Å². The molecule has 250 valence electrons. The number of carbonyl (C=O) groups excluding carboxylic acids is 2. The summed E-state index contributed by atoms with van der Waals surface area (Å²) in [6, 6.07) is 16.4. The molecule has 4 heterocycles. The Kier molecular flexibility index (Phi) is 11.2. The van der Waals surface area contributed by atoms with Crippen LogP contribution in [0.2, 0.25) is 0 Å². The van der Waals surface area contributed by atoms with E-state index in [0.717, 1.165) is 37.1 Å². The van der Waals surface area contributed by atoms with Crippen molar-refractivity contribution in [3.05, 3.63) is 77.5 Å². The highest BCUT2D eigenvalue weighted by molar-refractivity contribution is 6.00. The third kappa shape index (κ3) is 8.81. The summed E-state index contributed by atoms with van der Waals surface area (Å²) in [6.07, 6.45) is 11.3. The molecule has 1 aromatic heterocycles. The molecule has 2 amide bonds. The van der Waals surface area contributed by atoms with E-state index in [1.807, 2.05) is 67.6 Å². The maximum Gasteiger partial charge on any atom is 0.417 e. The Balaban J connectivity index is 0.958. The second kappa shape index (κ2) is 16.1. The molecule has 10 heteroatoms. The summed E-state index contributed by atoms with van der Waals surface area (Å²) in [6.45, 7) is 8.15. The zero-order valence-electron chi connectivity index (χ0n) is 27.4. The summed E-state index contributed by atoms with van der Waals surface area (Å²) >= 11 is 0. The standard InChI is InChI=1S/C37H46N4O6/c1-2-44-34-25-29(11-14-32(34)45-26-30-27-46-35(38-30)16-13-28-9-5-3-6-10-28)12-15-33-36(42)41(37(43)47-33)24-23-39-21-17-31(18-22-39)40-19-7-4-8-20-40/h3,5-6,9-11,13-14,16,25,27,31,33H,2,4,7-8,12,15,17-24,26H2,1H3/b16-13+. The van der Waals surface area contributed by atoms with Crippen LogP contribution in [0.4, 0.5) is 4.79 Å². The normalized spacial score (nSPS) is 19.9. The number of nitrogens with zero attached hydrogens (tertiary/aromatic N) is 4. The van der Waals surface area contributed by atoms with Crippen molar-refractivity contribution in [1.29, 1.82) is 0 Å². The van der Waals surface area contributed by atoms with Gasteiger partial charge in [-0.15, -0.1) is 0 Å². The Bertz CT molecular complexity index is 1490. The van der Waals surface area contributed by atoms with Crippen molar-refractivity contribution >= 4 is 24.2 Å². The first-order valence-electron chi connectivity index (χ1n) is 17.1. The Morgan fingerprint density at radius 3 is 2.51 bits per heavy atom. The molecule has 1 unspecified atom stereocenters. The van der Waals surface area contributed by atoms with E-state index in [2.05, 4.69) is 14.8 Å². The third-order valence-corrected chi connectivity index (χ3v) is 9.28. The maximum absolute atomic E-state index is 13.1. The van der Waals surface area contributed by atoms with E-state index in [1.54, 1.807) is 6.26 Å². The Morgan fingerprint density at radius 2 is 1.72 bits per heavy atom. The average molecular weight is 643 g/mol. The predicted molar refractivity (Wildman–Crippen MR) is 179 cm³/mol. The number of rotatable bonds is 14. The van der Waals surface area contributed by atoms with Gasteiger partial charge < -0.3 is 28.4 Å². The number of amides is 2. The highest BCUT2D eigenvalue weighted by Gasteiger charge is 2.40. The summed E-state index contributed by atoms with van der Waals surface area (Å²) in [5.74, 6) is 1.46. The molecule has 0 radical (unpaired) electrons. The summed E-state index contributed by atoms with van der Waals surface area (Å²) in [7, 11) is 0. The lowest BCUT2D eigenvalue weighted by Gasteiger charge is -2.40. The first-order valence-corrected chi connectivity index (χ1v) is 17.1. The summed E-state index contributed by atoms with van der Waals surface area (Å²) < 4.78 is 23.0. The molecule has 0 spiro atoms. The van der Waals surface area contributed by atoms with Crippen molar-refractivity contribution in [3.8, 4) is 11.5 Å². The second-order valence-corrected chi connectivity index (χ2v) is 12.5. The monoisotopic (exact) mass is 642 g/mol. The van der Waals surface area contributed by atoms with Crippen LogP contribution in [0.5, 0.6) is 11.5 Å². The number of cyclic esters (lactones) is 1. The van der Waals surface area contributed by atoms with Gasteiger partial charge in [0.1, 0.15) is 18.6 Å². The zero-order valence-corrected chi connectivity index (χ0v) is 27.4. The summed E-state index contributed by atoms with van der Waals surface area (Å²) in [5, 5.41) is 0. The van der Waals surface area contributed by atoms with Gasteiger partial charge in [0.15, 0.2) is 17.6 Å². The van der Waals surface area contributed by atoms with Crippen LogP contribution < -0.4 is 9.47 Å². The predicted octanol–water partition coefficient (Wildman–Crippen LogP) is 6.05. The topological polar surface area (TPSA) is 97.6 Å². The number of aromatic nitrogens is 1. The van der Waals surface area contributed by atoms with Crippen LogP contribution in [-0.4, -0.2) is 89.7 Å². The van der Waals surface area contributed by atoms with Gasteiger partial charge in [0.05, 0.1) is 6.61 Å². The Labute approximate surface area is 277 Å². The number of likely N-dealkylation sites (tertiary alicyclic amines) is 2. The van der Waals surface area contributed by atoms with Crippen molar-refractivity contribution in [2.75, 3.05) is 45.9 Å². The Hall–Kier alpha value is -4.15. The van der Waals surface area contributed by atoms with Gasteiger partial charge in [-0.1, -0.05) is 42.8 Å². The zero-order chi connectivity index (χ0) is 32.4. The van der Waals surface area contributed by atoms with Crippen molar-refractivity contribution in [1.82, 2.24) is 19.7 Å². The molecule has 0 bridgehead atoms. The molecular weight excluding hydrogens is 596 g/mol. The first kappa shape index (κ1) is 32.8. The van der Waals surface area contributed by atoms with E-state index >= 15 is 0 Å². The number of carbonyl (C=O) groups is 2. The van der Waals surface area contributed by atoms with Crippen LogP contribution >= 0.6 is 0 Å². The maximum atomic E-state index is 13.1. The number of oxazole rings is 1. The lowest BCUT2D eigenvalue weighted by atomic mass is 10.00. The van der Waals surface area contributed by atoms with Crippen LogP contribution in [0, 0.1) is 0 Å². The molecule has 3 aromatic rings. The number of piperidine rings is 2. The van der Waals surface area contributed by atoms with E-state index in [0.29, 0.717) is 61.7 Å². The molecule has 2 aromatic carbocycles. The van der Waals surface area contributed by atoms with Crippen LogP contribution in [0.25, 0.3) is 12.2 Å². The minimum Gasteiger partial charge on any atom is -0.490 e. The smallest absolute Gasteiger partial charge is 0.417 e.